The second-order valence-electron chi connectivity index (χ2n) is 8.17. The van der Waals surface area contributed by atoms with E-state index in [0.717, 1.165) is 33.8 Å². The SMILES string of the molecule is COc1ccc(/C=C/c2cc(-c3ccc(C)cc3)cc(-c3ccc(C)cc3)[o+]2)cc1OC.[O-][Cl+3]([O-])([O-])[O-]. The molecular weight excluding hydrogens is 496 g/mol. The van der Waals surface area contributed by atoms with Crippen LogP contribution in [-0.2, 0) is 0 Å². The molecule has 0 radical (unpaired) electrons. The van der Waals surface area contributed by atoms with Crippen LogP contribution in [0.25, 0.3) is 34.6 Å². The third kappa shape index (κ3) is 8.71. The topological polar surface area (TPSA) is 122 Å². The number of hydrogen-bond donors (Lipinski definition) is 0. The molecular formula is C29H27ClO7. The highest BCUT2D eigenvalue weighted by Gasteiger charge is 2.17. The van der Waals surface area contributed by atoms with Gasteiger partial charge in [0.2, 0.25) is 0 Å². The quantitative estimate of drug-likeness (QED) is 0.357. The lowest BCUT2D eigenvalue weighted by Crippen LogP contribution is -2.68. The summed E-state index contributed by atoms with van der Waals surface area (Å²) < 4.78 is 51.0. The monoisotopic (exact) mass is 522 g/mol. The summed E-state index contributed by atoms with van der Waals surface area (Å²) in [6.45, 7) is 4.18. The van der Waals surface area contributed by atoms with E-state index in [0.29, 0.717) is 11.5 Å². The number of rotatable bonds is 6. The van der Waals surface area contributed by atoms with E-state index in [9.17, 15) is 0 Å². The van der Waals surface area contributed by atoms with Crippen LogP contribution in [0.2, 0.25) is 0 Å². The van der Waals surface area contributed by atoms with Gasteiger partial charge in [0.25, 0.3) is 0 Å². The summed E-state index contributed by atoms with van der Waals surface area (Å²) >= 11 is 0. The highest BCUT2D eigenvalue weighted by molar-refractivity contribution is 5.75. The number of ether oxygens (including phenoxy) is 2. The zero-order valence-corrected chi connectivity index (χ0v) is 21.7. The first kappa shape index (κ1) is 27.9. The normalized spacial score (nSPS) is 11.1. The zero-order valence-electron chi connectivity index (χ0n) is 20.9. The van der Waals surface area contributed by atoms with Crippen LogP contribution in [0.4, 0.5) is 0 Å². The summed E-state index contributed by atoms with van der Waals surface area (Å²) in [5.41, 5.74) is 6.76. The van der Waals surface area contributed by atoms with Crippen molar-refractivity contribution >= 4 is 12.2 Å². The summed E-state index contributed by atoms with van der Waals surface area (Å²) in [5, 5.41) is 0. The molecule has 37 heavy (non-hydrogen) atoms. The maximum absolute atomic E-state index is 8.49. The molecule has 0 bridgehead atoms. The van der Waals surface area contributed by atoms with Gasteiger partial charge < -0.3 is 9.47 Å². The van der Waals surface area contributed by atoms with Crippen molar-refractivity contribution in [2.75, 3.05) is 14.2 Å². The van der Waals surface area contributed by atoms with Crippen LogP contribution in [0.5, 0.6) is 11.5 Å². The largest absolute Gasteiger partial charge is 0.493 e. The molecule has 1 aromatic heterocycles. The second kappa shape index (κ2) is 12.5. The van der Waals surface area contributed by atoms with Crippen molar-refractivity contribution in [1.29, 1.82) is 0 Å². The van der Waals surface area contributed by atoms with E-state index in [4.69, 9.17) is 32.5 Å². The number of hydrogen-bond acceptors (Lipinski definition) is 6. The van der Waals surface area contributed by atoms with Crippen LogP contribution in [-0.4, -0.2) is 14.2 Å². The van der Waals surface area contributed by atoms with Crippen molar-refractivity contribution in [3.05, 3.63) is 101 Å². The standard InChI is InChI=1S/C29H27O3.ClHO4/c1-20-5-11-23(12-6-20)25-18-26(32-28(19-25)24-13-7-21(2)8-14-24)15-9-22-10-16-27(30-3)29(17-22)31-4;2-1(3,4)5/h5-19H,1-4H3;(H,2,3,4,5)/q+1;/p-1/b15-9+;. The molecule has 8 heteroatoms. The maximum atomic E-state index is 8.49. The van der Waals surface area contributed by atoms with Gasteiger partial charge in [-0.15, -0.1) is 10.2 Å². The van der Waals surface area contributed by atoms with Gasteiger partial charge in [-0.3, -0.25) is 0 Å². The summed E-state index contributed by atoms with van der Waals surface area (Å²) in [4.78, 5) is 0. The highest BCUT2D eigenvalue weighted by Crippen LogP contribution is 2.31. The van der Waals surface area contributed by atoms with Crippen molar-refractivity contribution in [1.82, 2.24) is 0 Å². The van der Waals surface area contributed by atoms with Gasteiger partial charge in [-0.25, -0.2) is 23.1 Å². The molecule has 0 N–H and O–H groups in total. The molecule has 0 amide bonds. The molecule has 0 saturated carbocycles. The van der Waals surface area contributed by atoms with Gasteiger partial charge >= 0.3 is 11.5 Å². The predicted octanol–water partition coefficient (Wildman–Crippen LogP) is 2.94. The Morgan fingerprint density at radius 2 is 1.16 bits per heavy atom. The van der Waals surface area contributed by atoms with Crippen LogP contribution < -0.4 is 28.1 Å². The Labute approximate surface area is 218 Å². The second-order valence-corrected chi connectivity index (χ2v) is 8.93. The minimum absolute atomic E-state index is 0.695. The lowest BCUT2D eigenvalue weighted by molar-refractivity contribution is -2.00. The van der Waals surface area contributed by atoms with Crippen molar-refractivity contribution < 1.29 is 42.8 Å². The van der Waals surface area contributed by atoms with E-state index in [-0.39, 0.29) is 0 Å². The maximum Gasteiger partial charge on any atom is 0.361 e. The van der Waals surface area contributed by atoms with Crippen LogP contribution in [0.1, 0.15) is 22.5 Å². The van der Waals surface area contributed by atoms with Gasteiger partial charge in [-0.1, -0.05) is 53.6 Å². The van der Waals surface area contributed by atoms with Crippen LogP contribution in [0.3, 0.4) is 0 Å². The predicted molar refractivity (Wildman–Crippen MR) is 132 cm³/mol. The zero-order chi connectivity index (χ0) is 27.0. The van der Waals surface area contributed by atoms with Crippen molar-refractivity contribution in [2.24, 2.45) is 0 Å². The average Bonchev–Trinajstić information content (AvgIpc) is 2.87. The van der Waals surface area contributed by atoms with Crippen molar-refractivity contribution in [2.45, 2.75) is 13.8 Å². The summed E-state index contributed by atoms with van der Waals surface area (Å²) in [6, 6.07) is 26.9. The first-order valence-electron chi connectivity index (χ1n) is 11.2. The molecule has 7 nitrogen and oxygen atoms in total. The summed E-state index contributed by atoms with van der Waals surface area (Å²) in [7, 11) is -1.67. The smallest absolute Gasteiger partial charge is 0.361 e. The molecule has 4 rings (SSSR count). The minimum Gasteiger partial charge on any atom is -0.493 e. The molecule has 0 aliphatic rings. The Kier molecular flexibility index (Phi) is 9.41. The van der Waals surface area contributed by atoms with E-state index >= 15 is 0 Å². The Morgan fingerprint density at radius 3 is 1.70 bits per heavy atom. The average molecular weight is 523 g/mol. The minimum atomic E-state index is -4.94. The fourth-order valence-electron chi connectivity index (χ4n) is 3.51. The summed E-state index contributed by atoms with van der Waals surface area (Å²) in [6.07, 6.45) is 4.00. The number of aryl methyl sites for hydroxylation is 2. The van der Waals surface area contributed by atoms with E-state index in [2.05, 4.69) is 74.5 Å². The van der Waals surface area contributed by atoms with Crippen molar-refractivity contribution in [3.8, 4) is 33.9 Å². The highest BCUT2D eigenvalue weighted by atomic mass is 35.7. The van der Waals surface area contributed by atoms with Crippen molar-refractivity contribution in [3.63, 3.8) is 0 Å². The van der Waals surface area contributed by atoms with Gasteiger partial charge in [0.1, 0.15) is 0 Å². The fraction of sp³-hybridized carbons (Fsp3) is 0.138. The van der Waals surface area contributed by atoms with Gasteiger partial charge in [0.05, 0.1) is 31.9 Å². The molecule has 0 aliphatic heterocycles. The van der Waals surface area contributed by atoms with Crippen LogP contribution >= 0.6 is 0 Å². The molecule has 4 aromatic rings. The fourth-order valence-corrected chi connectivity index (χ4v) is 3.51. The number of halogens is 1. The third-order valence-electron chi connectivity index (χ3n) is 5.38. The van der Waals surface area contributed by atoms with Gasteiger partial charge in [0, 0.05) is 11.6 Å². The molecule has 192 valence electrons. The molecule has 3 aromatic carbocycles. The lowest BCUT2D eigenvalue weighted by Gasteiger charge is -2.17. The Hall–Kier alpha value is -3.72. The Bertz CT molecular complexity index is 1270. The van der Waals surface area contributed by atoms with Gasteiger partial charge in [-0.05, 0) is 55.3 Å². The Morgan fingerprint density at radius 1 is 0.622 bits per heavy atom. The lowest BCUT2D eigenvalue weighted by atomic mass is 10.0. The van der Waals surface area contributed by atoms with Crippen LogP contribution in [0, 0.1) is 24.1 Å². The first-order valence-corrected chi connectivity index (χ1v) is 12.4. The molecule has 0 saturated heterocycles. The van der Waals surface area contributed by atoms with Crippen LogP contribution in [0.15, 0.2) is 83.3 Å². The van der Waals surface area contributed by atoms with Gasteiger partial charge in [-0.2, -0.15) is 0 Å². The first-order chi connectivity index (χ1) is 17.6. The Balaban J connectivity index is 0.000000695. The third-order valence-corrected chi connectivity index (χ3v) is 5.38. The molecule has 1 heterocycles. The molecule has 0 spiro atoms. The molecule has 0 atom stereocenters. The van der Waals surface area contributed by atoms with E-state index < -0.39 is 10.2 Å². The van der Waals surface area contributed by atoms with E-state index in [1.54, 1.807) is 14.2 Å². The summed E-state index contributed by atoms with van der Waals surface area (Å²) in [5.74, 6) is 3.00. The molecule has 0 fully saturated rings. The van der Waals surface area contributed by atoms with E-state index in [1.807, 2.05) is 30.4 Å². The number of methoxy groups -OCH3 is 2. The van der Waals surface area contributed by atoms with Gasteiger partial charge in [0.15, 0.2) is 11.5 Å². The van der Waals surface area contributed by atoms with E-state index in [1.165, 1.54) is 11.1 Å². The number of benzene rings is 3. The molecule has 0 unspecified atom stereocenters. The molecule has 0 aliphatic carbocycles.